The van der Waals surface area contributed by atoms with E-state index in [4.69, 9.17) is 10.3 Å². The van der Waals surface area contributed by atoms with Crippen molar-refractivity contribution in [2.45, 2.75) is 25.3 Å². The van der Waals surface area contributed by atoms with Crippen LogP contribution in [0.3, 0.4) is 0 Å². The summed E-state index contributed by atoms with van der Waals surface area (Å²) in [6.07, 6.45) is 1.93. The predicted molar refractivity (Wildman–Crippen MR) is 67.9 cm³/mol. The molecule has 0 aromatic carbocycles. The van der Waals surface area contributed by atoms with Crippen LogP contribution in [-0.4, -0.2) is 29.3 Å². The molecule has 4 amide bonds. The molecule has 0 aliphatic carbocycles. The van der Waals surface area contributed by atoms with Gasteiger partial charge in [-0.05, 0) is 25.5 Å². The van der Waals surface area contributed by atoms with Crippen molar-refractivity contribution >= 4 is 17.8 Å². The number of rotatable bonds is 5. The zero-order valence-electron chi connectivity index (χ0n) is 11.0. The van der Waals surface area contributed by atoms with Crippen LogP contribution in [0, 0.1) is 0 Å². The van der Waals surface area contributed by atoms with Crippen molar-refractivity contribution in [2.75, 3.05) is 6.54 Å². The minimum Gasteiger partial charge on any atom is -0.466 e. The Balaban J connectivity index is 2.04. The molecule has 2 rings (SSSR count). The van der Waals surface area contributed by atoms with Gasteiger partial charge in [-0.25, -0.2) is 10.6 Å². The molecule has 108 valence electrons. The van der Waals surface area contributed by atoms with Crippen LogP contribution in [0.25, 0.3) is 0 Å². The summed E-state index contributed by atoms with van der Waals surface area (Å²) in [5.74, 6) is 4.59. The Kier molecular flexibility index (Phi) is 3.75. The zero-order valence-corrected chi connectivity index (χ0v) is 11.0. The molecule has 0 saturated carbocycles. The molecule has 0 radical (unpaired) electrons. The molecule has 1 unspecified atom stereocenters. The number of hydrogen-bond acceptors (Lipinski definition) is 5. The molecule has 8 heteroatoms. The lowest BCUT2D eigenvalue weighted by Crippen LogP contribution is -2.40. The third-order valence-electron chi connectivity index (χ3n) is 3.24. The number of carbonyl (C=O) groups excluding carboxylic acids is 3. The van der Waals surface area contributed by atoms with Gasteiger partial charge in [0.1, 0.15) is 5.76 Å². The molecule has 8 nitrogen and oxygen atoms in total. The Labute approximate surface area is 115 Å². The van der Waals surface area contributed by atoms with Gasteiger partial charge < -0.3 is 9.73 Å². The third-order valence-corrected chi connectivity index (χ3v) is 3.24. The van der Waals surface area contributed by atoms with E-state index in [1.807, 2.05) is 5.43 Å². The molecule has 1 aliphatic rings. The molecule has 1 atom stereocenters. The highest BCUT2D eigenvalue weighted by Gasteiger charge is 2.50. The van der Waals surface area contributed by atoms with E-state index >= 15 is 0 Å². The summed E-state index contributed by atoms with van der Waals surface area (Å²) in [6.45, 7) is 1.73. The highest BCUT2D eigenvalue weighted by molar-refractivity contribution is 6.06. The van der Waals surface area contributed by atoms with Crippen molar-refractivity contribution in [3.05, 3.63) is 24.2 Å². The minimum absolute atomic E-state index is 0.144. The summed E-state index contributed by atoms with van der Waals surface area (Å²) >= 11 is 0. The van der Waals surface area contributed by atoms with Crippen molar-refractivity contribution in [3.63, 3.8) is 0 Å². The first-order valence-corrected chi connectivity index (χ1v) is 6.16. The highest BCUT2D eigenvalue weighted by Crippen LogP contribution is 2.29. The Morgan fingerprint density at radius 1 is 1.55 bits per heavy atom. The number of urea groups is 1. The standard InChI is InChI=1S/C12H16N4O4/c1-12(8-4-3-7-20-8)10(18)16(11(19)14-12)6-2-5-9(17)15-13/h3-4,7H,2,5-6,13H2,1H3,(H,14,19)(H,15,17). The SMILES string of the molecule is CC1(c2ccco2)NC(=O)N(CCCC(=O)NN)C1=O. The lowest BCUT2D eigenvalue weighted by atomic mass is 9.99. The topological polar surface area (TPSA) is 118 Å². The normalized spacial score (nSPS) is 22.0. The number of amides is 4. The van der Waals surface area contributed by atoms with Gasteiger partial charge in [-0.2, -0.15) is 0 Å². The van der Waals surface area contributed by atoms with Gasteiger partial charge in [0.05, 0.1) is 6.26 Å². The van der Waals surface area contributed by atoms with Gasteiger partial charge in [0, 0.05) is 13.0 Å². The summed E-state index contributed by atoms with van der Waals surface area (Å²) in [6, 6.07) is 2.78. The highest BCUT2D eigenvalue weighted by atomic mass is 16.3. The lowest BCUT2D eigenvalue weighted by Gasteiger charge is -2.18. The average molecular weight is 280 g/mol. The molecule has 0 bridgehead atoms. The van der Waals surface area contributed by atoms with Crippen molar-refractivity contribution in [2.24, 2.45) is 5.84 Å². The maximum Gasteiger partial charge on any atom is 0.325 e. The number of carbonyl (C=O) groups is 3. The number of hydrogen-bond donors (Lipinski definition) is 3. The molecule has 1 aromatic heterocycles. The van der Waals surface area contributed by atoms with E-state index in [9.17, 15) is 14.4 Å². The minimum atomic E-state index is -1.20. The van der Waals surface area contributed by atoms with E-state index < -0.39 is 17.5 Å². The fraction of sp³-hybridized carbons (Fsp3) is 0.417. The number of nitrogens with two attached hydrogens (primary N) is 1. The van der Waals surface area contributed by atoms with Gasteiger partial charge in [-0.15, -0.1) is 0 Å². The summed E-state index contributed by atoms with van der Waals surface area (Å²) in [4.78, 5) is 36.3. The van der Waals surface area contributed by atoms with Gasteiger partial charge in [-0.1, -0.05) is 0 Å². The Bertz CT molecular complexity index is 528. The molecular formula is C12H16N4O4. The maximum atomic E-state index is 12.3. The Hall–Kier alpha value is -2.35. The van der Waals surface area contributed by atoms with Gasteiger partial charge >= 0.3 is 6.03 Å². The Morgan fingerprint density at radius 2 is 2.30 bits per heavy atom. The van der Waals surface area contributed by atoms with Gasteiger partial charge in [-0.3, -0.25) is 19.9 Å². The fourth-order valence-corrected chi connectivity index (χ4v) is 2.10. The number of nitrogens with one attached hydrogen (secondary N) is 2. The predicted octanol–water partition coefficient (Wildman–Crippen LogP) is -0.183. The largest absolute Gasteiger partial charge is 0.466 e. The molecule has 1 fully saturated rings. The van der Waals surface area contributed by atoms with E-state index in [0.717, 1.165) is 4.90 Å². The molecule has 0 spiro atoms. The van der Waals surface area contributed by atoms with Crippen LogP contribution in [-0.2, 0) is 15.1 Å². The van der Waals surface area contributed by atoms with E-state index in [1.165, 1.54) is 6.26 Å². The van der Waals surface area contributed by atoms with Gasteiger partial charge in [0.2, 0.25) is 5.91 Å². The quantitative estimate of drug-likeness (QED) is 0.299. The first-order valence-electron chi connectivity index (χ1n) is 6.16. The van der Waals surface area contributed by atoms with E-state index in [1.54, 1.807) is 19.1 Å². The van der Waals surface area contributed by atoms with E-state index in [2.05, 4.69) is 5.32 Å². The van der Waals surface area contributed by atoms with Crippen LogP contribution in [0.5, 0.6) is 0 Å². The molecular weight excluding hydrogens is 264 g/mol. The number of furan rings is 1. The number of hydrazine groups is 1. The van der Waals surface area contributed by atoms with Crippen molar-refractivity contribution in [3.8, 4) is 0 Å². The monoisotopic (exact) mass is 280 g/mol. The van der Waals surface area contributed by atoms with Crippen molar-refractivity contribution in [1.29, 1.82) is 0 Å². The second-order valence-electron chi connectivity index (χ2n) is 4.66. The number of nitrogens with zero attached hydrogens (tertiary/aromatic N) is 1. The molecule has 20 heavy (non-hydrogen) atoms. The second kappa shape index (κ2) is 5.33. The summed E-state index contributed by atoms with van der Waals surface area (Å²) in [7, 11) is 0. The van der Waals surface area contributed by atoms with Crippen molar-refractivity contribution < 1.29 is 18.8 Å². The van der Waals surface area contributed by atoms with Crippen LogP contribution < -0.4 is 16.6 Å². The molecule has 1 aliphatic heterocycles. The molecule has 1 saturated heterocycles. The number of imide groups is 1. The maximum absolute atomic E-state index is 12.3. The summed E-state index contributed by atoms with van der Waals surface area (Å²) in [5, 5.41) is 2.60. The Morgan fingerprint density at radius 3 is 2.90 bits per heavy atom. The van der Waals surface area contributed by atoms with E-state index in [0.29, 0.717) is 12.2 Å². The van der Waals surface area contributed by atoms with Gasteiger partial charge in [0.25, 0.3) is 5.91 Å². The van der Waals surface area contributed by atoms with Gasteiger partial charge in [0.15, 0.2) is 5.54 Å². The first-order chi connectivity index (χ1) is 9.49. The van der Waals surface area contributed by atoms with E-state index in [-0.39, 0.29) is 18.9 Å². The molecule has 1 aromatic rings. The van der Waals surface area contributed by atoms with Crippen LogP contribution in [0.2, 0.25) is 0 Å². The summed E-state index contributed by atoms with van der Waals surface area (Å²) < 4.78 is 5.20. The smallest absolute Gasteiger partial charge is 0.325 e. The summed E-state index contributed by atoms with van der Waals surface area (Å²) in [5.41, 5.74) is 0.796. The van der Waals surface area contributed by atoms with Crippen LogP contribution in [0.15, 0.2) is 22.8 Å². The fourth-order valence-electron chi connectivity index (χ4n) is 2.10. The average Bonchev–Trinajstić information content (AvgIpc) is 3.02. The second-order valence-corrected chi connectivity index (χ2v) is 4.66. The van der Waals surface area contributed by atoms with Crippen LogP contribution in [0.1, 0.15) is 25.5 Å². The lowest BCUT2D eigenvalue weighted by molar-refractivity contribution is -0.132. The van der Waals surface area contributed by atoms with Crippen LogP contribution >= 0.6 is 0 Å². The zero-order chi connectivity index (χ0) is 14.8. The van der Waals surface area contributed by atoms with Crippen LogP contribution in [0.4, 0.5) is 4.79 Å². The van der Waals surface area contributed by atoms with Crippen molar-refractivity contribution in [1.82, 2.24) is 15.6 Å². The molecule has 4 N–H and O–H groups in total. The molecule has 2 heterocycles. The first kappa shape index (κ1) is 14.1. The third kappa shape index (κ3) is 2.37.